The molecule has 2 aromatic rings. The van der Waals surface area contributed by atoms with Crippen LogP contribution in [0.25, 0.3) is 0 Å². The Morgan fingerprint density at radius 1 is 1.12 bits per heavy atom. The lowest BCUT2D eigenvalue weighted by molar-refractivity contribution is 0.209. The molecule has 0 aliphatic carbocycles. The number of ether oxygens (including phenoxy) is 1. The molecular formula is C20H28NO4P. The van der Waals surface area contributed by atoms with Crippen LogP contribution in [0.4, 0.5) is 5.69 Å². The van der Waals surface area contributed by atoms with Crippen molar-refractivity contribution in [3.05, 3.63) is 54.1 Å². The van der Waals surface area contributed by atoms with Crippen LogP contribution in [0, 0.1) is 0 Å². The van der Waals surface area contributed by atoms with Crippen molar-refractivity contribution in [3.8, 4) is 5.75 Å². The van der Waals surface area contributed by atoms with Crippen LogP contribution in [0.1, 0.15) is 31.2 Å². The van der Waals surface area contributed by atoms with Gasteiger partial charge in [-0.1, -0.05) is 31.5 Å². The molecule has 0 aliphatic heterocycles. The van der Waals surface area contributed by atoms with Gasteiger partial charge in [-0.25, -0.2) is 0 Å². The average Bonchev–Trinajstić information content (AvgIpc) is 2.67. The van der Waals surface area contributed by atoms with Crippen LogP contribution in [0.15, 0.2) is 48.5 Å². The van der Waals surface area contributed by atoms with Crippen LogP contribution < -0.4 is 14.9 Å². The molecule has 0 saturated heterocycles. The Hall–Kier alpha value is -1.81. The maximum absolute atomic E-state index is 13.8. The summed E-state index contributed by atoms with van der Waals surface area (Å²) in [5.41, 5.74) is 1.45. The van der Waals surface area contributed by atoms with Gasteiger partial charge in [-0.05, 0) is 36.8 Å². The molecule has 2 rings (SSSR count). The number of hydrogen-bond acceptors (Lipinski definition) is 5. The van der Waals surface area contributed by atoms with Gasteiger partial charge in [0.1, 0.15) is 5.75 Å². The molecule has 1 N–H and O–H groups in total. The number of nitrogens with zero attached hydrogens (tertiary/aromatic N) is 1. The van der Waals surface area contributed by atoms with E-state index in [0.717, 1.165) is 18.5 Å². The molecule has 5 nitrogen and oxygen atoms in total. The van der Waals surface area contributed by atoms with Crippen LogP contribution >= 0.6 is 7.37 Å². The quantitative estimate of drug-likeness (QED) is 0.525. The van der Waals surface area contributed by atoms with Crippen molar-refractivity contribution in [1.29, 1.82) is 0 Å². The van der Waals surface area contributed by atoms with Crippen molar-refractivity contribution in [2.75, 3.05) is 32.7 Å². The first kappa shape index (κ1) is 20.5. The SMILES string of the molecule is CCCCO[P@@](=O)(c1ccc(N(C)C)cc1)[C@H](O)c1ccccc1OC. The van der Waals surface area contributed by atoms with E-state index in [1.54, 1.807) is 30.3 Å². The Morgan fingerprint density at radius 3 is 2.35 bits per heavy atom. The van der Waals surface area contributed by atoms with Crippen molar-refractivity contribution in [3.63, 3.8) is 0 Å². The molecule has 0 spiro atoms. The van der Waals surface area contributed by atoms with Gasteiger partial charge in [-0.15, -0.1) is 0 Å². The lowest BCUT2D eigenvalue weighted by atomic mass is 10.2. The highest BCUT2D eigenvalue weighted by molar-refractivity contribution is 7.67. The van der Waals surface area contributed by atoms with E-state index in [4.69, 9.17) is 9.26 Å². The van der Waals surface area contributed by atoms with E-state index in [-0.39, 0.29) is 0 Å². The van der Waals surface area contributed by atoms with Crippen molar-refractivity contribution in [1.82, 2.24) is 0 Å². The molecule has 142 valence electrons. The molecule has 0 aromatic heterocycles. The summed E-state index contributed by atoms with van der Waals surface area (Å²) < 4.78 is 24.9. The third-order valence-electron chi connectivity index (χ3n) is 4.25. The maximum Gasteiger partial charge on any atom is 0.264 e. The minimum absolute atomic E-state index is 0.329. The normalized spacial score (nSPS) is 14.5. The van der Waals surface area contributed by atoms with Crippen LogP contribution in [-0.4, -0.2) is 32.9 Å². The van der Waals surface area contributed by atoms with E-state index in [1.807, 2.05) is 44.1 Å². The van der Waals surface area contributed by atoms with E-state index >= 15 is 0 Å². The monoisotopic (exact) mass is 377 g/mol. The fourth-order valence-electron chi connectivity index (χ4n) is 2.65. The van der Waals surface area contributed by atoms with Gasteiger partial charge in [0.15, 0.2) is 5.85 Å². The lowest BCUT2D eigenvalue weighted by Crippen LogP contribution is -2.16. The minimum Gasteiger partial charge on any atom is -0.496 e. The zero-order valence-corrected chi connectivity index (χ0v) is 16.8. The molecule has 0 unspecified atom stereocenters. The highest BCUT2D eigenvalue weighted by Gasteiger charge is 2.37. The highest BCUT2D eigenvalue weighted by Crippen LogP contribution is 2.59. The Balaban J connectivity index is 2.45. The molecule has 0 heterocycles. The first-order valence-electron chi connectivity index (χ1n) is 8.77. The Morgan fingerprint density at radius 2 is 1.77 bits per heavy atom. The summed E-state index contributed by atoms with van der Waals surface area (Å²) in [6.45, 7) is 2.37. The second-order valence-electron chi connectivity index (χ2n) is 6.31. The number of unbranched alkanes of at least 4 members (excludes halogenated alkanes) is 1. The highest BCUT2D eigenvalue weighted by atomic mass is 31.2. The molecule has 0 aliphatic rings. The third kappa shape index (κ3) is 4.47. The largest absolute Gasteiger partial charge is 0.496 e. The second-order valence-corrected chi connectivity index (χ2v) is 8.77. The summed E-state index contributed by atoms with van der Waals surface area (Å²) in [5, 5.41) is 11.5. The molecule has 0 bridgehead atoms. The minimum atomic E-state index is -3.55. The summed E-state index contributed by atoms with van der Waals surface area (Å²) in [7, 11) is 1.86. The second kappa shape index (κ2) is 9.22. The molecule has 0 saturated carbocycles. The van der Waals surface area contributed by atoms with E-state index in [1.165, 1.54) is 7.11 Å². The number of anilines is 1. The van der Waals surface area contributed by atoms with Gasteiger partial charge in [0, 0.05) is 30.7 Å². The molecule has 0 amide bonds. The van der Waals surface area contributed by atoms with E-state index in [2.05, 4.69) is 0 Å². The number of aliphatic hydroxyl groups excluding tert-OH is 1. The van der Waals surface area contributed by atoms with Gasteiger partial charge < -0.3 is 19.3 Å². The molecule has 0 fully saturated rings. The van der Waals surface area contributed by atoms with E-state index in [9.17, 15) is 9.67 Å². The first-order valence-corrected chi connectivity index (χ1v) is 10.5. The van der Waals surface area contributed by atoms with Crippen LogP contribution in [0.5, 0.6) is 5.75 Å². The predicted octanol–water partition coefficient (Wildman–Crippen LogP) is 4.17. The van der Waals surface area contributed by atoms with Gasteiger partial charge in [-0.3, -0.25) is 4.57 Å². The van der Waals surface area contributed by atoms with Crippen LogP contribution in [0.2, 0.25) is 0 Å². The molecule has 0 radical (unpaired) electrons. The van der Waals surface area contributed by atoms with E-state index in [0.29, 0.717) is 23.2 Å². The number of aliphatic hydroxyl groups is 1. The number of methoxy groups -OCH3 is 1. The zero-order chi connectivity index (χ0) is 19.2. The van der Waals surface area contributed by atoms with Gasteiger partial charge in [-0.2, -0.15) is 0 Å². The van der Waals surface area contributed by atoms with Crippen molar-refractivity contribution >= 4 is 18.4 Å². The summed E-state index contributed by atoms with van der Waals surface area (Å²) in [6.07, 6.45) is 1.70. The number of hydrogen-bond donors (Lipinski definition) is 1. The molecule has 26 heavy (non-hydrogen) atoms. The Labute approximate surface area is 156 Å². The number of benzene rings is 2. The fourth-order valence-corrected chi connectivity index (χ4v) is 4.77. The first-order chi connectivity index (χ1) is 12.4. The Bertz CT molecular complexity index is 746. The molecule has 2 atom stereocenters. The van der Waals surface area contributed by atoms with Crippen LogP contribution in [0.3, 0.4) is 0 Å². The molecular weight excluding hydrogens is 349 g/mol. The van der Waals surface area contributed by atoms with Gasteiger partial charge >= 0.3 is 0 Å². The van der Waals surface area contributed by atoms with Crippen LogP contribution in [-0.2, 0) is 9.09 Å². The fraction of sp³-hybridized carbons (Fsp3) is 0.400. The average molecular weight is 377 g/mol. The van der Waals surface area contributed by atoms with Gasteiger partial charge in [0.05, 0.1) is 13.7 Å². The third-order valence-corrected chi connectivity index (χ3v) is 6.75. The topological polar surface area (TPSA) is 59.0 Å². The van der Waals surface area contributed by atoms with E-state index < -0.39 is 13.2 Å². The number of para-hydroxylation sites is 1. The number of rotatable bonds is 9. The maximum atomic E-state index is 13.8. The smallest absolute Gasteiger partial charge is 0.264 e. The Kier molecular flexibility index (Phi) is 7.27. The standard InChI is InChI=1S/C20H28NO4P/c1-5-6-15-25-26(23,17-13-11-16(12-14-17)21(2)3)20(22)18-9-7-8-10-19(18)24-4/h7-14,20,22H,5-6,15H2,1-4H3/t20-,26-/m0/s1. The summed E-state index contributed by atoms with van der Waals surface area (Å²) in [6, 6.07) is 14.3. The zero-order valence-electron chi connectivity index (χ0n) is 15.9. The van der Waals surface area contributed by atoms with Crippen molar-refractivity contribution in [2.24, 2.45) is 0 Å². The summed E-state index contributed by atoms with van der Waals surface area (Å²) in [5.74, 6) is -0.801. The summed E-state index contributed by atoms with van der Waals surface area (Å²) in [4.78, 5) is 1.96. The van der Waals surface area contributed by atoms with Gasteiger partial charge in [0.25, 0.3) is 7.37 Å². The lowest BCUT2D eigenvalue weighted by Gasteiger charge is -2.26. The predicted molar refractivity (Wildman–Crippen MR) is 107 cm³/mol. The summed E-state index contributed by atoms with van der Waals surface area (Å²) >= 11 is 0. The molecule has 6 heteroatoms. The van der Waals surface area contributed by atoms with Gasteiger partial charge in [0.2, 0.25) is 0 Å². The van der Waals surface area contributed by atoms with Crippen molar-refractivity contribution in [2.45, 2.75) is 25.6 Å². The molecule has 2 aromatic carbocycles. The van der Waals surface area contributed by atoms with Crippen molar-refractivity contribution < 1.29 is 18.9 Å².